The first-order valence-electron chi connectivity index (χ1n) is 8.99. The van der Waals surface area contributed by atoms with Crippen molar-refractivity contribution >= 4 is 29.0 Å². The predicted octanol–water partition coefficient (Wildman–Crippen LogP) is 3.68. The third kappa shape index (κ3) is 3.92. The molecular formula is C18H26N4OS2. The molecule has 0 saturated heterocycles. The van der Waals surface area contributed by atoms with E-state index in [0.717, 1.165) is 16.9 Å². The number of rotatable bonds is 6. The van der Waals surface area contributed by atoms with Crippen molar-refractivity contribution in [2.24, 2.45) is 13.0 Å². The molecule has 0 spiro atoms. The first-order chi connectivity index (χ1) is 12.0. The molecule has 0 radical (unpaired) electrons. The summed E-state index contributed by atoms with van der Waals surface area (Å²) in [5.41, 5.74) is 1.49. The summed E-state index contributed by atoms with van der Waals surface area (Å²) in [7, 11) is 1.98. The Morgan fingerprint density at radius 2 is 2.28 bits per heavy atom. The van der Waals surface area contributed by atoms with Gasteiger partial charge in [0.05, 0.1) is 10.1 Å². The highest BCUT2D eigenvalue weighted by Gasteiger charge is 2.23. The molecule has 0 fully saturated rings. The minimum Gasteiger partial charge on any atom is -0.355 e. The molecule has 7 heteroatoms. The Labute approximate surface area is 157 Å². The molecule has 1 aliphatic rings. The van der Waals surface area contributed by atoms with Gasteiger partial charge in [0.1, 0.15) is 0 Å². The number of fused-ring (bicyclic) bond motifs is 1. The number of aryl methyl sites for hydroxylation is 1. The summed E-state index contributed by atoms with van der Waals surface area (Å²) in [6.07, 6.45) is 4.93. The molecule has 0 bridgehead atoms. The highest BCUT2D eigenvalue weighted by molar-refractivity contribution is 8.00. The number of carbonyl (C=O) groups excluding carboxylic acids is 1. The summed E-state index contributed by atoms with van der Waals surface area (Å²) in [6.45, 7) is 6.76. The number of amides is 1. The molecule has 0 unspecified atom stereocenters. The van der Waals surface area contributed by atoms with Crippen molar-refractivity contribution in [2.75, 3.05) is 6.54 Å². The van der Waals surface area contributed by atoms with Crippen LogP contribution >= 0.6 is 23.1 Å². The van der Waals surface area contributed by atoms with E-state index < -0.39 is 0 Å². The molecule has 0 aliphatic heterocycles. The van der Waals surface area contributed by atoms with Gasteiger partial charge in [0.2, 0.25) is 5.91 Å². The van der Waals surface area contributed by atoms with E-state index in [0.29, 0.717) is 6.54 Å². The molecule has 1 aliphatic carbocycles. The van der Waals surface area contributed by atoms with Crippen LogP contribution in [0.3, 0.4) is 0 Å². The van der Waals surface area contributed by atoms with Gasteiger partial charge in [-0.25, -0.2) is 0 Å². The number of thioether (sulfide) groups is 1. The van der Waals surface area contributed by atoms with Crippen LogP contribution in [-0.4, -0.2) is 32.5 Å². The Hall–Kier alpha value is -1.34. The van der Waals surface area contributed by atoms with Gasteiger partial charge in [-0.05, 0) is 50.7 Å². The van der Waals surface area contributed by atoms with Gasteiger partial charge in [0, 0.05) is 18.5 Å². The largest absolute Gasteiger partial charge is 0.355 e. The Kier molecular flexibility index (Phi) is 5.84. The zero-order valence-electron chi connectivity index (χ0n) is 15.3. The Morgan fingerprint density at radius 1 is 1.48 bits per heavy atom. The van der Waals surface area contributed by atoms with E-state index in [1.807, 2.05) is 36.8 Å². The summed E-state index contributed by atoms with van der Waals surface area (Å²) in [6, 6.07) is 2.30. The van der Waals surface area contributed by atoms with Crippen LogP contribution in [0.5, 0.6) is 0 Å². The molecule has 2 aromatic heterocycles. The van der Waals surface area contributed by atoms with Crippen LogP contribution in [-0.2, 0) is 24.7 Å². The Balaban J connectivity index is 1.78. The third-order valence-electron chi connectivity index (χ3n) is 4.82. The maximum Gasteiger partial charge on any atom is 0.233 e. The molecule has 2 aromatic rings. The van der Waals surface area contributed by atoms with Crippen LogP contribution in [0.1, 0.15) is 44.1 Å². The van der Waals surface area contributed by atoms with Crippen molar-refractivity contribution in [2.45, 2.75) is 56.9 Å². The molecule has 3 rings (SSSR count). The molecule has 5 nitrogen and oxygen atoms in total. The number of nitrogens with one attached hydrogen (secondary N) is 1. The molecule has 0 saturated carbocycles. The van der Waals surface area contributed by atoms with Gasteiger partial charge >= 0.3 is 0 Å². The average molecular weight is 379 g/mol. The van der Waals surface area contributed by atoms with E-state index in [1.54, 1.807) is 0 Å². The first kappa shape index (κ1) is 18.5. The Morgan fingerprint density at radius 3 is 3.00 bits per heavy atom. The summed E-state index contributed by atoms with van der Waals surface area (Å²) in [4.78, 5) is 14.6. The van der Waals surface area contributed by atoms with Gasteiger partial charge < -0.3 is 9.88 Å². The number of hydrogen-bond acceptors (Lipinski definition) is 5. The fraction of sp³-hybridized carbons (Fsp3) is 0.611. The molecule has 1 amide bonds. The van der Waals surface area contributed by atoms with Gasteiger partial charge in [-0.1, -0.05) is 25.1 Å². The van der Waals surface area contributed by atoms with Crippen LogP contribution in [0.2, 0.25) is 0 Å². The van der Waals surface area contributed by atoms with Crippen molar-refractivity contribution in [3.8, 4) is 10.7 Å². The summed E-state index contributed by atoms with van der Waals surface area (Å²) in [5, 5.41) is 12.2. The van der Waals surface area contributed by atoms with E-state index >= 15 is 0 Å². The SMILES string of the molecule is CCNC(=O)[C@H](C)Sc1nnc(-c2cc3c(s2)CC[C@H](CC)C3)n1C. The standard InChI is InChI=1S/C18H26N4OS2/c1-5-12-7-8-14-13(9-12)10-15(25-14)16-20-21-18(22(16)4)24-11(3)17(23)19-6-2/h10-12H,5-9H2,1-4H3,(H,19,23)/t11-,12-/m0/s1. The number of nitrogens with zero attached hydrogens (tertiary/aromatic N) is 3. The smallest absolute Gasteiger partial charge is 0.233 e. The van der Waals surface area contributed by atoms with Gasteiger partial charge in [-0.2, -0.15) is 0 Å². The predicted molar refractivity (Wildman–Crippen MR) is 104 cm³/mol. The normalized spacial score (nSPS) is 18.0. The van der Waals surface area contributed by atoms with E-state index in [4.69, 9.17) is 0 Å². The lowest BCUT2D eigenvalue weighted by molar-refractivity contribution is -0.120. The van der Waals surface area contributed by atoms with Crippen molar-refractivity contribution in [3.05, 3.63) is 16.5 Å². The van der Waals surface area contributed by atoms with E-state index in [2.05, 4.69) is 28.5 Å². The van der Waals surface area contributed by atoms with E-state index in [-0.39, 0.29) is 11.2 Å². The second-order valence-corrected chi connectivity index (χ2v) is 9.04. The minimum absolute atomic E-state index is 0.0363. The first-order valence-corrected chi connectivity index (χ1v) is 10.7. The van der Waals surface area contributed by atoms with Gasteiger partial charge in [0.15, 0.2) is 11.0 Å². The van der Waals surface area contributed by atoms with Crippen LogP contribution in [0.4, 0.5) is 0 Å². The lowest BCUT2D eigenvalue weighted by Crippen LogP contribution is -2.30. The summed E-state index contributed by atoms with van der Waals surface area (Å²) < 4.78 is 2.01. The summed E-state index contributed by atoms with van der Waals surface area (Å²) >= 11 is 3.30. The molecule has 2 heterocycles. The van der Waals surface area contributed by atoms with Crippen LogP contribution in [0, 0.1) is 5.92 Å². The zero-order chi connectivity index (χ0) is 18.0. The van der Waals surface area contributed by atoms with Gasteiger partial charge in [0.25, 0.3) is 0 Å². The fourth-order valence-corrected chi connectivity index (χ4v) is 5.29. The topological polar surface area (TPSA) is 59.8 Å². The minimum atomic E-state index is -0.183. The number of carbonyl (C=O) groups is 1. The zero-order valence-corrected chi connectivity index (χ0v) is 17.0. The van der Waals surface area contributed by atoms with Gasteiger partial charge in [-0.3, -0.25) is 4.79 Å². The molecule has 2 atom stereocenters. The van der Waals surface area contributed by atoms with Crippen molar-refractivity contribution in [1.82, 2.24) is 20.1 Å². The second-order valence-electron chi connectivity index (χ2n) is 6.60. The molecule has 0 aromatic carbocycles. The van der Waals surface area contributed by atoms with Crippen molar-refractivity contribution < 1.29 is 4.79 Å². The van der Waals surface area contributed by atoms with E-state index in [9.17, 15) is 4.79 Å². The van der Waals surface area contributed by atoms with Crippen molar-refractivity contribution in [3.63, 3.8) is 0 Å². The van der Waals surface area contributed by atoms with Crippen LogP contribution in [0.15, 0.2) is 11.2 Å². The van der Waals surface area contributed by atoms with Crippen LogP contribution in [0.25, 0.3) is 10.7 Å². The average Bonchev–Trinajstić information content (AvgIpc) is 3.18. The number of hydrogen-bond donors (Lipinski definition) is 1. The van der Waals surface area contributed by atoms with Gasteiger partial charge in [-0.15, -0.1) is 21.5 Å². The Bertz CT molecular complexity index is 752. The monoisotopic (exact) mass is 378 g/mol. The number of aromatic nitrogens is 3. The number of thiophene rings is 1. The fourth-order valence-electron chi connectivity index (χ4n) is 3.22. The highest BCUT2D eigenvalue weighted by atomic mass is 32.2. The second kappa shape index (κ2) is 7.91. The third-order valence-corrected chi connectivity index (χ3v) is 7.19. The van der Waals surface area contributed by atoms with E-state index in [1.165, 1.54) is 52.8 Å². The van der Waals surface area contributed by atoms with Crippen molar-refractivity contribution in [1.29, 1.82) is 0 Å². The molecule has 136 valence electrons. The maximum atomic E-state index is 11.9. The summed E-state index contributed by atoms with van der Waals surface area (Å²) in [5.74, 6) is 1.76. The molecule has 1 N–H and O–H groups in total. The van der Waals surface area contributed by atoms with Crippen LogP contribution < -0.4 is 5.32 Å². The molecular weight excluding hydrogens is 352 g/mol. The lowest BCUT2D eigenvalue weighted by atomic mass is 9.87. The molecule has 25 heavy (non-hydrogen) atoms. The quantitative estimate of drug-likeness (QED) is 0.779. The lowest BCUT2D eigenvalue weighted by Gasteiger charge is -2.19. The highest BCUT2D eigenvalue weighted by Crippen LogP contribution is 2.38. The maximum absolute atomic E-state index is 11.9.